The minimum atomic E-state index is -0.357. The van der Waals surface area contributed by atoms with Gasteiger partial charge >= 0.3 is 0 Å². The molecule has 1 heterocycles. The van der Waals surface area contributed by atoms with Crippen molar-refractivity contribution in [3.05, 3.63) is 30.3 Å². The average Bonchev–Trinajstić information content (AvgIpc) is 2.53. The second kappa shape index (κ2) is 7.32. The maximum atomic E-state index is 12.7. The van der Waals surface area contributed by atoms with E-state index >= 15 is 0 Å². The van der Waals surface area contributed by atoms with Crippen molar-refractivity contribution in [1.82, 2.24) is 4.90 Å². The molecule has 1 aromatic rings. The van der Waals surface area contributed by atoms with Crippen LogP contribution in [0.2, 0.25) is 0 Å². The van der Waals surface area contributed by atoms with Crippen molar-refractivity contribution in [2.75, 3.05) is 6.54 Å². The van der Waals surface area contributed by atoms with Crippen molar-refractivity contribution in [2.45, 2.75) is 58.1 Å². The second-order valence-corrected chi connectivity index (χ2v) is 5.42. The number of hydrogen-bond donors (Lipinski definition) is 0. The molecular formula is C17H25NO2. The number of piperidine rings is 1. The molecule has 2 atom stereocenters. The number of carbonyl (C=O) groups excluding carboxylic acids is 1. The molecule has 0 radical (unpaired) electrons. The largest absolute Gasteiger partial charge is 0.481 e. The number of hydrogen-bond acceptors (Lipinski definition) is 2. The summed E-state index contributed by atoms with van der Waals surface area (Å²) in [5, 5.41) is 0. The van der Waals surface area contributed by atoms with Gasteiger partial charge in [0.25, 0.3) is 5.91 Å². The van der Waals surface area contributed by atoms with Crippen LogP contribution in [0.15, 0.2) is 30.3 Å². The Morgan fingerprint density at radius 1 is 1.30 bits per heavy atom. The lowest BCUT2D eigenvalue weighted by Crippen LogP contribution is -2.49. The van der Waals surface area contributed by atoms with E-state index in [9.17, 15) is 4.79 Å². The Bertz CT molecular complexity index is 418. The van der Waals surface area contributed by atoms with E-state index < -0.39 is 0 Å². The molecule has 1 aliphatic rings. The van der Waals surface area contributed by atoms with Gasteiger partial charge in [0, 0.05) is 12.6 Å². The molecule has 0 bridgehead atoms. The molecule has 0 aliphatic carbocycles. The highest BCUT2D eigenvalue weighted by Gasteiger charge is 2.30. The Kier molecular flexibility index (Phi) is 5.45. The van der Waals surface area contributed by atoms with Crippen LogP contribution in [-0.2, 0) is 4.79 Å². The summed E-state index contributed by atoms with van der Waals surface area (Å²) in [6.45, 7) is 5.05. The molecule has 0 aromatic heterocycles. The van der Waals surface area contributed by atoms with Crippen LogP contribution in [0.5, 0.6) is 5.75 Å². The molecule has 0 N–H and O–H groups in total. The number of ether oxygens (including phenoxy) is 1. The molecule has 1 fully saturated rings. The van der Waals surface area contributed by atoms with E-state index in [-0.39, 0.29) is 12.0 Å². The first-order valence-corrected chi connectivity index (χ1v) is 7.78. The first-order chi connectivity index (χ1) is 9.76. The molecule has 1 aromatic carbocycles. The van der Waals surface area contributed by atoms with E-state index in [0.29, 0.717) is 12.5 Å². The number of nitrogens with zero attached hydrogens (tertiary/aromatic N) is 1. The number of carbonyl (C=O) groups is 1. The highest BCUT2D eigenvalue weighted by atomic mass is 16.5. The smallest absolute Gasteiger partial charge is 0.263 e. The highest BCUT2D eigenvalue weighted by molar-refractivity contribution is 5.81. The summed E-state index contributed by atoms with van der Waals surface area (Å²) in [4.78, 5) is 14.7. The minimum absolute atomic E-state index is 0.155. The number of likely N-dealkylation sites (tertiary alicyclic amines) is 1. The lowest BCUT2D eigenvalue weighted by molar-refractivity contribution is -0.142. The van der Waals surface area contributed by atoms with E-state index in [1.54, 1.807) is 0 Å². The molecular weight excluding hydrogens is 250 g/mol. The minimum Gasteiger partial charge on any atom is -0.481 e. The van der Waals surface area contributed by atoms with E-state index in [2.05, 4.69) is 6.92 Å². The average molecular weight is 275 g/mol. The molecule has 0 saturated carbocycles. The molecule has 3 heteroatoms. The van der Waals surface area contributed by atoms with Crippen LogP contribution in [-0.4, -0.2) is 29.5 Å². The van der Waals surface area contributed by atoms with Gasteiger partial charge in [-0.1, -0.05) is 32.0 Å². The van der Waals surface area contributed by atoms with Gasteiger partial charge in [-0.05, 0) is 44.2 Å². The summed E-state index contributed by atoms with van der Waals surface area (Å²) in [5.74, 6) is 0.931. The molecule has 3 nitrogen and oxygen atoms in total. The maximum Gasteiger partial charge on any atom is 0.263 e. The molecule has 0 spiro atoms. The van der Waals surface area contributed by atoms with Gasteiger partial charge in [-0.3, -0.25) is 4.79 Å². The molecule has 1 aliphatic heterocycles. The van der Waals surface area contributed by atoms with Crippen molar-refractivity contribution in [3.63, 3.8) is 0 Å². The summed E-state index contributed by atoms with van der Waals surface area (Å²) in [6, 6.07) is 10.0. The van der Waals surface area contributed by atoms with Crippen LogP contribution < -0.4 is 4.74 Å². The SMILES string of the molecule is CC[C@H]1CCCCN1C(=O)[C@@H](CC)Oc1ccccc1. The van der Waals surface area contributed by atoms with Crippen molar-refractivity contribution >= 4 is 5.91 Å². The van der Waals surface area contributed by atoms with E-state index in [1.165, 1.54) is 6.42 Å². The highest BCUT2D eigenvalue weighted by Crippen LogP contribution is 2.22. The van der Waals surface area contributed by atoms with Crippen LogP contribution in [0.1, 0.15) is 46.0 Å². The Balaban J connectivity index is 2.04. The fourth-order valence-electron chi connectivity index (χ4n) is 2.87. The molecule has 110 valence electrons. The lowest BCUT2D eigenvalue weighted by Gasteiger charge is -2.37. The second-order valence-electron chi connectivity index (χ2n) is 5.42. The van der Waals surface area contributed by atoms with Gasteiger partial charge in [0.2, 0.25) is 0 Å². The van der Waals surface area contributed by atoms with Crippen molar-refractivity contribution in [2.24, 2.45) is 0 Å². The van der Waals surface area contributed by atoms with Gasteiger partial charge in [0.05, 0.1) is 0 Å². The molecule has 2 rings (SSSR count). The number of amides is 1. The zero-order valence-corrected chi connectivity index (χ0v) is 12.5. The van der Waals surface area contributed by atoms with Crippen LogP contribution in [0.25, 0.3) is 0 Å². The summed E-state index contributed by atoms with van der Waals surface area (Å²) >= 11 is 0. The van der Waals surface area contributed by atoms with Crippen LogP contribution >= 0.6 is 0 Å². The predicted octanol–water partition coefficient (Wildman–Crippen LogP) is 3.64. The number of rotatable bonds is 5. The Morgan fingerprint density at radius 3 is 2.70 bits per heavy atom. The van der Waals surface area contributed by atoms with Crippen LogP contribution in [0.4, 0.5) is 0 Å². The lowest BCUT2D eigenvalue weighted by atomic mass is 9.99. The Morgan fingerprint density at radius 2 is 2.05 bits per heavy atom. The Labute approximate surface area is 121 Å². The summed E-state index contributed by atoms with van der Waals surface area (Å²) in [7, 11) is 0. The van der Waals surface area contributed by atoms with Crippen LogP contribution in [0, 0.1) is 0 Å². The summed E-state index contributed by atoms with van der Waals surface area (Å²) < 4.78 is 5.88. The first kappa shape index (κ1) is 14.9. The molecule has 20 heavy (non-hydrogen) atoms. The molecule has 1 amide bonds. The van der Waals surface area contributed by atoms with Gasteiger partial charge in [-0.15, -0.1) is 0 Å². The first-order valence-electron chi connectivity index (χ1n) is 7.78. The molecule has 0 unspecified atom stereocenters. The van der Waals surface area contributed by atoms with Gasteiger partial charge in [-0.2, -0.15) is 0 Å². The maximum absolute atomic E-state index is 12.7. The summed E-state index contributed by atoms with van der Waals surface area (Å²) in [5.41, 5.74) is 0. The van der Waals surface area contributed by atoms with E-state index in [4.69, 9.17) is 4.74 Å². The topological polar surface area (TPSA) is 29.5 Å². The third-order valence-corrected chi connectivity index (χ3v) is 4.05. The Hall–Kier alpha value is -1.51. The van der Waals surface area contributed by atoms with Gasteiger partial charge < -0.3 is 9.64 Å². The third-order valence-electron chi connectivity index (χ3n) is 4.05. The normalized spacial score (nSPS) is 20.5. The number of para-hydroxylation sites is 1. The quantitative estimate of drug-likeness (QED) is 0.821. The van der Waals surface area contributed by atoms with Crippen molar-refractivity contribution < 1.29 is 9.53 Å². The van der Waals surface area contributed by atoms with Gasteiger partial charge in [0.15, 0.2) is 6.10 Å². The fourth-order valence-corrected chi connectivity index (χ4v) is 2.87. The van der Waals surface area contributed by atoms with Crippen molar-refractivity contribution in [1.29, 1.82) is 0 Å². The third kappa shape index (κ3) is 3.53. The van der Waals surface area contributed by atoms with Crippen molar-refractivity contribution in [3.8, 4) is 5.75 Å². The number of benzene rings is 1. The van der Waals surface area contributed by atoms with Crippen LogP contribution in [0.3, 0.4) is 0 Å². The monoisotopic (exact) mass is 275 g/mol. The van der Waals surface area contributed by atoms with Gasteiger partial charge in [0.1, 0.15) is 5.75 Å². The zero-order valence-electron chi connectivity index (χ0n) is 12.5. The predicted molar refractivity (Wildman–Crippen MR) is 80.8 cm³/mol. The standard InChI is InChI=1S/C17H25NO2/c1-3-14-10-8-9-13-18(14)17(19)16(4-2)20-15-11-6-5-7-12-15/h5-7,11-12,14,16H,3-4,8-10,13H2,1-2H3/t14-,16+/m0/s1. The zero-order chi connectivity index (χ0) is 14.4. The summed E-state index contributed by atoms with van der Waals surface area (Å²) in [6.07, 6.45) is 4.87. The van der Waals surface area contributed by atoms with E-state index in [0.717, 1.165) is 31.6 Å². The fraction of sp³-hybridized carbons (Fsp3) is 0.588. The van der Waals surface area contributed by atoms with Gasteiger partial charge in [-0.25, -0.2) is 0 Å². The molecule has 1 saturated heterocycles. The van der Waals surface area contributed by atoms with E-state index in [1.807, 2.05) is 42.2 Å².